The molecular formula is C14H23NO2. The Hall–Kier alpha value is -1.22. The van der Waals surface area contributed by atoms with Gasteiger partial charge in [0.1, 0.15) is 6.10 Å². The van der Waals surface area contributed by atoms with Crippen LogP contribution in [0.4, 0.5) is 0 Å². The number of nitrogens with one attached hydrogen (secondary N) is 1. The molecular weight excluding hydrogens is 214 g/mol. The zero-order valence-corrected chi connectivity index (χ0v) is 11.2. The van der Waals surface area contributed by atoms with Crippen molar-refractivity contribution in [2.75, 3.05) is 20.2 Å². The molecule has 0 aliphatic rings. The topological polar surface area (TPSA) is 30.5 Å². The highest BCUT2D eigenvalue weighted by atomic mass is 16.5. The largest absolute Gasteiger partial charge is 0.493 e. The number of hydrogen-bond acceptors (Lipinski definition) is 3. The number of methoxy groups -OCH3 is 1. The maximum atomic E-state index is 5.85. The molecule has 0 spiro atoms. The molecule has 1 N–H and O–H groups in total. The van der Waals surface area contributed by atoms with Crippen LogP contribution in [-0.4, -0.2) is 26.3 Å². The maximum Gasteiger partial charge on any atom is 0.161 e. The van der Waals surface area contributed by atoms with Crippen molar-refractivity contribution < 1.29 is 9.47 Å². The van der Waals surface area contributed by atoms with Gasteiger partial charge in [-0.15, -0.1) is 0 Å². The zero-order chi connectivity index (χ0) is 12.7. The van der Waals surface area contributed by atoms with Crippen molar-refractivity contribution in [2.45, 2.75) is 33.3 Å². The molecule has 1 aromatic rings. The predicted octanol–water partition coefficient (Wildman–Crippen LogP) is 2.77. The third-order valence-electron chi connectivity index (χ3n) is 2.51. The highest BCUT2D eigenvalue weighted by Gasteiger charge is 2.08. The summed E-state index contributed by atoms with van der Waals surface area (Å²) in [4.78, 5) is 0. The molecule has 17 heavy (non-hydrogen) atoms. The SMILES string of the molecule is CCCNCC(C)Oc1ccc(C)cc1OC. The second-order valence-electron chi connectivity index (χ2n) is 4.29. The Balaban J connectivity index is 2.55. The molecule has 1 rings (SSSR count). The Morgan fingerprint density at radius 3 is 2.71 bits per heavy atom. The summed E-state index contributed by atoms with van der Waals surface area (Å²) in [5.74, 6) is 1.61. The fraction of sp³-hybridized carbons (Fsp3) is 0.571. The Bertz CT molecular complexity index is 339. The number of benzene rings is 1. The van der Waals surface area contributed by atoms with Gasteiger partial charge >= 0.3 is 0 Å². The molecule has 0 aromatic heterocycles. The molecule has 0 bridgehead atoms. The first-order chi connectivity index (χ1) is 8.17. The van der Waals surface area contributed by atoms with Crippen LogP contribution in [0.5, 0.6) is 11.5 Å². The van der Waals surface area contributed by atoms with Gasteiger partial charge < -0.3 is 14.8 Å². The molecule has 0 heterocycles. The van der Waals surface area contributed by atoms with E-state index in [4.69, 9.17) is 9.47 Å². The average molecular weight is 237 g/mol. The van der Waals surface area contributed by atoms with E-state index in [2.05, 4.69) is 19.2 Å². The fourth-order valence-corrected chi connectivity index (χ4v) is 1.61. The van der Waals surface area contributed by atoms with Gasteiger partial charge in [0.05, 0.1) is 7.11 Å². The lowest BCUT2D eigenvalue weighted by molar-refractivity contribution is 0.208. The summed E-state index contributed by atoms with van der Waals surface area (Å²) in [7, 11) is 1.67. The summed E-state index contributed by atoms with van der Waals surface area (Å²) in [6.07, 6.45) is 1.28. The molecule has 1 unspecified atom stereocenters. The second kappa shape index (κ2) is 7.17. The number of ether oxygens (including phenoxy) is 2. The van der Waals surface area contributed by atoms with E-state index in [9.17, 15) is 0 Å². The summed E-state index contributed by atoms with van der Waals surface area (Å²) in [6, 6.07) is 5.98. The van der Waals surface area contributed by atoms with Crippen molar-refractivity contribution >= 4 is 0 Å². The fourth-order valence-electron chi connectivity index (χ4n) is 1.61. The van der Waals surface area contributed by atoms with E-state index in [1.54, 1.807) is 7.11 Å². The van der Waals surface area contributed by atoms with E-state index in [-0.39, 0.29) is 6.10 Å². The van der Waals surface area contributed by atoms with Crippen LogP contribution in [0.15, 0.2) is 18.2 Å². The van der Waals surface area contributed by atoms with Crippen LogP contribution in [0, 0.1) is 6.92 Å². The highest BCUT2D eigenvalue weighted by molar-refractivity contribution is 5.42. The summed E-state index contributed by atoms with van der Waals surface area (Å²) in [5, 5.41) is 3.34. The average Bonchev–Trinajstić information content (AvgIpc) is 2.32. The van der Waals surface area contributed by atoms with Crippen LogP contribution in [0.25, 0.3) is 0 Å². The van der Waals surface area contributed by atoms with Gasteiger partial charge in [-0.1, -0.05) is 13.0 Å². The van der Waals surface area contributed by atoms with Crippen LogP contribution < -0.4 is 14.8 Å². The number of rotatable bonds is 7. The van der Waals surface area contributed by atoms with Gasteiger partial charge in [-0.2, -0.15) is 0 Å². The summed E-state index contributed by atoms with van der Waals surface area (Å²) in [6.45, 7) is 8.13. The normalized spacial score (nSPS) is 12.2. The van der Waals surface area contributed by atoms with Gasteiger partial charge in [0.15, 0.2) is 11.5 Å². The molecule has 3 heteroatoms. The minimum absolute atomic E-state index is 0.137. The van der Waals surface area contributed by atoms with Gasteiger partial charge in [-0.3, -0.25) is 0 Å². The van der Waals surface area contributed by atoms with Crippen molar-refractivity contribution in [1.82, 2.24) is 5.32 Å². The van der Waals surface area contributed by atoms with Gasteiger partial charge in [-0.25, -0.2) is 0 Å². The number of hydrogen-bond donors (Lipinski definition) is 1. The molecule has 96 valence electrons. The van der Waals surface area contributed by atoms with E-state index in [1.165, 1.54) is 5.56 Å². The minimum Gasteiger partial charge on any atom is -0.493 e. The van der Waals surface area contributed by atoms with E-state index in [0.29, 0.717) is 0 Å². The standard InChI is InChI=1S/C14H23NO2/c1-5-8-15-10-12(3)17-13-7-6-11(2)9-14(13)16-4/h6-7,9,12,15H,5,8,10H2,1-4H3. The summed E-state index contributed by atoms with van der Waals surface area (Å²) >= 11 is 0. The van der Waals surface area contributed by atoms with Gasteiger partial charge in [0.25, 0.3) is 0 Å². The molecule has 0 saturated carbocycles. The van der Waals surface area contributed by atoms with E-state index < -0.39 is 0 Å². The molecule has 3 nitrogen and oxygen atoms in total. The molecule has 0 aliphatic heterocycles. The Kier molecular flexibility index (Phi) is 5.84. The first-order valence-electron chi connectivity index (χ1n) is 6.19. The van der Waals surface area contributed by atoms with Crippen LogP contribution in [0.2, 0.25) is 0 Å². The summed E-state index contributed by atoms with van der Waals surface area (Å²) in [5.41, 5.74) is 1.17. The highest BCUT2D eigenvalue weighted by Crippen LogP contribution is 2.28. The van der Waals surface area contributed by atoms with Crippen molar-refractivity contribution in [3.05, 3.63) is 23.8 Å². The Morgan fingerprint density at radius 2 is 2.06 bits per heavy atom. The molecule has 0 aliphatic carbocycles. The van der Waals surface area contributed by atoms with E-state index in [0.717, 1.165) is 31.0 Å². The van der Waals surface area contributed by atoms with Crippen molar-refractivity contribution in [1.29, 1.82) is 0 Å². The van der Waals surface area contributed by atoms with E-state index in [1.807, 2.05) is 25.1 Å². The number of aryl methyl sites for hydroxylation is 1. The molecule has 0 radical (unpaired) electrons. The zero-order valence-electron chi connectivity index (χ0n) is 11.2. The monoisotopic (exact) mass is 237 g/mol. The molecule has 0 saturated heterocycles. The van der Waals surface area contributed by atoms with Crippen LogP contribution in [-0.2, 0) is 0 Å². The lowest BCUT2D eigenvalue weighted by Crippen LogP contribution is -2.29. The smallest absolute Gasteiger partial charge is 0.161 e. The van der Waals surface area contributed by atoms with Crippen molar-refractivity contribution in [3.8, 4) is 11.5 Å². The quantitative estimate of drug-likeness (QED) is 0.740. The van der Waals surface area contributed by atoms with Crippen molar-refractivity contribution in [3.63, 3.8) is 0 Å². The first kappa shape index (κ1) is 13.8. The van der Waals surface area contributed by atoms with Crippen LogP contribution >= 0.6 is 0 Å². The summed E-state index contributed by atoms with van der Waals surface area (Å²) < 4.78 is 11.2. The minimum atomic E-state index is 0.137. The lowest BCUT2D eigenvalue weighted by atomic mass is 10.2. The maximum absolute atomic E-state index is 5.85. The third-order valence-corrected chi connectivity index (χ3v) is 2.51. The lowest BCUT2D eigenvalue weighted by Gasteiger charge is -2.17. The molecule has 1 atom stereocenters. The third kappa shape index (κ3) is 4.65. The second-order valence-corrected chi connectivity index (χ2v) is 4.29. The van der Waals surface area contributed by atoms with Gasteiger partial charge in [0.2, 0.25) is 0 Å². The first-order valence-corrected chi connectivity index (χ1v) is 6.19. The Labute approximate surface area is 104 Å². The van der Waals surface area contributed by atoms with Crippen LogP contribution in [0.3, 0.4) is 0 Å². The molecule has 1 aromatic carbocycles. The molecule has 0 amide bonds. The molecule has 0 fully saturated rings. The van der Waals surface area contributed by atoms with Crippen molar-refractivity contribution in [2.24, 2.45) is 0 Å². The van der Waals surface area contributed by atoms with Gasteiger partial charge in [-0.05, 0) is 44.5 Å². The van der Waals surface area contributed by atoms with E-state index >= 15 is 0 Å². The predicted molar refractivity (Wildman–Crippen MR) is 71.0 cm³/mol. The van der Waals surface area contributed by atoms with Crippen LogP contribution in [0.1, 0.15) is 25.8 Å². The Morgan fingerprint density at radius 1 is 1.29 bits per heavy atom. The van der Waals surface area contributed by atoms with Gasteiger partial charge in [0, 0.05) is 6.54 Å².